The molecule has 2 atom stereocenters. The lowest BCUT2D eigenvalue weighted by Gasteiger charge is -2.30. The van der Waals surface area contributed by atoms with Crippen LogP contribution in [0.5, 0.6) is 0 Å². The number of carbonyl (C=O) groups is 1. The van der Waals surface area contributed by atoms with Crippen LogP contribution in [0.25, 0.3) is 0 Å². The molecule has 86 valence electrons. The lowest BCUT2D eigenvalue weighted by Crippen LogP contribution is -2.39. The molecule has 1 aromatic carbocycles. The Bertz CT molecular complexity index is 379. The summed E-state index contributed by atoms with van der Waals surface area (Å²) in [7, 11) is 0. The molecule has 3 nitrogen and oxygen atoms in total. The zero-order chi connectivity index (χ0) is 11.8. The van der Waals surface area contributed by atoms with Crippen LogP contribution < -0.4 is 0 Å². The lowest BCUT2D eigenvalue weighted by atomic mass is 9.80. The van der Waals surface area contributed by atoms with Crippen LogP contribution in [0.4, 0.5) is 0 Å². The molecular weight excluding hydrogens is 204 g/mol. The second kappa shape index (κ2) is 3.91. The van der Waals surface area contributed by atoms with Gasteiger partial charge in [-0.1, -0.05) is 30.3 Å². The van der Waals surface area contributed by atoms with Crippen molar-refractivity contribution in [3.05, 3.63) is 35.9 Å². The van der Waals surface area contributed by atoms with E-state index in [1.807, 2.05) is 6.07 Å². The monoisotopic (exact) mass is 220 g/mol. The van der Waals surface area contributed by atoms with Gasteiger partial charge < -0.3 is 10.2 Å². The maximum Gasteiger partial charge on any atom is 0.313 e. The van der Waals surface area contributed by atoms with Crippen molar-refractivity contribution in [1.82, 2.24) is 0 Å². The molecule has 0 heterocycles. The maximum atomic E-state index is 11.3. The van der Waals surface area contributed by atoms with E-state index in [2.05, 4.69) is 0 Å². The van der Waals surface area contributed by atoms with E-state index in [9.17, 15) is 15.0 Å². The molecule has 0 bridgehead atoms. The summed E-state index contributed by atoms with van der Waals surface area (Å²) in [5.41, 5.74) is -0.473. The van der Waals surface area contributed by atoms with Gasteiger partial charge in [-0.2, -0.15) is 0 Å². The quantitative estimate of drug-likeness (QED) is 0.816. The Morgan fingerprint density at radius 3 is 2.38 bits per heavy atom. The SMILES string of the molecule is C[C@](O)(C1CC1)[C@H](C(=O)O)c1ccccc1. The summed E-state index contributed by atoms with van der Waals surface area (Å²) in [6.07, 6.45) is 1.84. The van der Waals surface area contributed by atoms with Gasteiger partial charge in [-0.15, -0.1) is 0 Å². The Morgan fingerprint density at radius 2 is 1.94 bits per heavy atom. The van der Waals surface area contributed by atoms with Gasteiger partial charge in [0.2, 0.25) is 0 Å². The summed E-state index contributed by atoms with van der Waals surface area (Å²) in [5, 5.41) is 19.6. The molecule has 0 saturated heterocycles. The zero-order valence-electron chi connectivity index (χ0n) is 9.26. The van der Waals surface area contributed by atoms with Crippen LogP contribution in [0.2, 0.25) is 0 Å². The fourth-order valence-electron chi connectivity index (χ4n) is 2.28. The van der Waals surface area contributed by atoms with Gasteiger partial charge in [0.15, 0.2) is 0 Å². The van der Waals surface area contributed by atoms with Crippen molar-refractivity contribution in [2.75, 3.05) is 0 Å². The number of aliphatic hydroxyl groups is 1. The number of carboxylic acid groups (broad SMARTS) is 1. The highest BCUT2D eigenvalue weighted by molar-refractivity contribution is 5.78. The van der Waals surface area contributed by atoms with Crippen molar-refractivity contribution < 1.29 is 15.0 Å². The van der Waals surface area contributed by atoms with Crippen LogP contribution in [0.3, 0.4) is 0 Å². The predicted molar refractivity (Wildman–Crippen MR) is 60.2 cm³/mol. The lowest BCUT2D eigenvalue weighted by molar-refractivity contribution is -0.146. The highest BCUT2D eigenvalue weighted by atomic mass is 16.4. The van der Waals surface area contributed by atoms with Crippen molar-refractivity contribution >= 4 is 5.97 Å². The molecule has 0 spiro atoms. The summed E-state index contributed by atoms with van der Waals surface area (Å²) < 4.78 is 0. The number of benzene rings is 1. The Labute approximate surface area is 94.7 Å². The zero-order valence-corrected chi connectivity index (χ0v) is 9.26. The van der Waals surface area contributed by atoms with Gasteiger partial charge in [-0.05, 0) is 31.2 Å². The van der Waals surface area contributed by atoms with Gasteiger partial charge in [-0.25, -0.2) is 0 Å². The van der Waals surface area contributed by atoms with E-state index in [1.165, 1.54) is 0 Å². The number of hydrogen-bond donors (Lipinski definition) is 2. The van der Waals surface area contributed by atoms with Gasteiger partial charge in [0.1, 0.15) is 5.92 Å². The van der Waals surface area contributed by atoms with E-state index in [0.717, 1.165) is 12.8 Å². The van der Waals surface area contributed by atoms with E-state index in [1.54, 1.807) is 31.2 Å². The minimum atomic E-state index is -1.15. The van der Waals surface area contributed by atoms with Crippen LogP contribution in [-0.4, -0.2) is 21.8 Å². The number of rotatable bonds is 4. The fraction of sp³-hybridized carbons (Fsp3) is 0.462. The first-order valence-corrected chi connectivity index (χ1v) is 5.53. The molecule has 2 N–H and O–H groups in total. The summed E-state index contributed by atoms with van der Waals surface area (Å²) in [4.78, 5) is 11.3. The van der Waals surface area contributed by atoms with Gasteiger partial charge in [-0.3, -0.25) is 4.79 Å². The van der Waals surface area contributed by atoms with Crippen LogP contribution in [-0.2, 0) is 4.79 Å². The summed E-state index contributed by atoms with van der Waals surface area (Å²) in [6.45, 7) is 1.64. The summed E-state index contributed by atoms with van der Waals surface area (Å²) in [6, 6.07) is 8.96. The third kappa shape index (κ3) is 1.95. The van der Waals surface area contributed by atoms with Gasteiger partial charge in [0.05, 0.1) is 5.60 Å². The third-order valence-corrected chi connectivity index (χ3v) is 3.37. The van der Waals surface area contributed by atoms with Crippen molar-refractivity contribution in [2.24, 2.45) is 5.92 Å². The minimum absolute atomic E-state index is 0.119. The van der Waals surface area contributed by atoms with Gasteiger partial charge in [0.25, 0.3) is 0 Å². The van der Waals surface area contributed by atoms with E-state index >= 15 is 0 Å². The summed E-state index contributed by atoms with van der Waals surface area (Å²) >= 11 is 0. The average molecular weight is 220 g/mol. The van der Waals surface area contributed by atoms with E-state index in [4.69, 9.17) is 0 Å². The van der Waals surface area contributed by atoms with Crippen molar-refractivity contribution in [3.63, 3.8) is 0 Å². The van der Waals surface area contributed by atoms with Crippen LogP contribution in [0, 0.1) is 5.92 Å². The molecule has 0 unspecified atom stereocenters. The van der Waals surface area contributed by atoms with Gasteiger partial charge in [0, 0.05) is 0 Å². The summed E-state index contributed by atoms with van der Waals surface area (Å²) in [5.74, 6) is -1.67. The first-order valence-electron chi connectivity index (χ1n) is 5.53. The highest BCUT2D eigenvalue weighted by Crippen LogP contribution is 2.46. The minimum Gasteiger partial charge on any atom is -0.481 e. The molecule has 1 aliphatic rings. The van der Waals surface area contributed by atoms with E-state index in [0.29, 0.717) is 5.56 Å². The molecule has 1 aromatic rings. The molecule has 1 saturated carbocycles. The maximum absolute atomic E-state index is 11.3. The molecule has 1 aliphatic carbocycles. The van der Waals surface area contributed by atoms with Crippen molar-refractivity contribution in [3.8, 4) is 0 Å². The van der Waals surface area contributed by atoms with Crippen molar-refractivity contribution in [1.29, 1.82) is 0 Å². The molecule has 2 rings (SSSR count). The molecule has 3 heteroatoms. The molecule has 1 fully saturated rings. The number of hydrogen-bond acceptors (Lipinski definition) is 2. The standard InChI is InChI=1S/C13H16O3/c1-13(16,10-7-8-10)11(12(14)15)9-5-3-2-4-6-9/h2-6,10-11,16H,7-8H2,1H3,(H,14,15)/t11-,13-/m0/s1. The largest absolute Gasteiger partial charge is 0.481 e. The Balaban J connectivity index is 2.34. The number of aliphatic carboxylic acids is 1. The fourth-order valence-corrected chi connectivity index (χ4v) is 2.28. The van der Waals surface area contributed by atoms with Crippen LogP contribution in [0.1, 0.15) is 31.2 Å². The Morgan fingerprint density at radius 1 is 1.38 bits per heavy atom. The molecule has 0 aromatic heterocycles. The van der Waals surface area contributed by atoms with E-state index in [-0.39, 0.29) is 5.92 Å². The smallest absolute Gasteiger partial charge is 0.313 e. The molecule has 0 radical (unpaired) electrons. The van der Waals surface area contributed by atoms with Crippen molar-refractivity contribution in [2.45, 2.75) is 31.3 Å². The Hall–Kier alpha value is -1.35. The predicted octanol–water partition coefficient (Wildman–Crippen LogP) is 2.02. The average Bonchev–Trinajstić information content (AvgIpc) is 3.01. The normalized spacial score (nSPS) is 21.1. The molecular formula is C13H16O3. The van der Waals surface area contributed by atoms with Gasteiger partial charge >= 0.3 is 5.97 Å². The number of carboxylic acids is 1. The van der Waals surface area contributed by atoms with Crippen LogP contribution >= 0.6 is 0 Å². The first-order chi connectivity index (χ1) is 7.53. The highest BCUT2D eigenvalue weighted by Gasteiger charge is 2.49. The topological polar surface area (TPSA) is 57.5 Å². The van der Waals surface area contributed by atoms with Crippen LogP contribution in [0.15, 0.2) is 30.3 Å². The first kappa shape index (κ1) is 11.1. The third-order valence-electron chi connectivity index (χ3n) is 3.37. The second-order valence-corrected chi connectivity index (χ2v) is 4.68. The van der Waals surface area contributed by atoms with E-state index < -0.39 is 17.5 Å². The Kier molecular flexibility index (Phi) is 2.72. The molecule has 0 aliphatic heterocycles. The molecule has 16 heavy (non-hydrogen) atoms. The second-order valence-electron chi connectivity index (χ2n) is 4.68. The molecule has 0 amide bonds.